The second kappa shape index (κ2) is 8.23. The van der Waals surface area contributed by atoms with E-state index in [4.69, 9.17) is 0 Å². The van der Waals surface area contributed by atoms with E-state index in [1.807, 2.05) is 32.0 Å². The average molecular weight is 387 g/mol. The van der Waals surface area contributed by atoms with E-state index in [2.05, 4.69) is 5.32 Å². The van der Waals surface area contributed by atoms with Gasteiger partial charge in [0.05, 0.1) is 4.90 Å². The van der Waals surface area contributed by atoms with E-state index >= 15 is 0 Å². The highest BCUT2D eigenvalue weighted by atomic mass is 32.2. The smallest absolute Gasteiger partial charge is 0.255 e. The number of anilines is 1. The number of benzene rings is 2. The number of hydrogen-bond donors (Lipinski definition) is 1. The molecule has 1 saturated heterocycles. The van der Waals surface area contributed by atoms with Crippen LogP contribution in [0.5, 0.6) is 0 Å². The molecule has 0 aromatic heterocycles. The van der Waals surface area contributed by atoms with E-state index < -0.39 is 10.0 Å². The van der Waals surface area contributed by atoms with Crippen molar-refractivity contribution < 1.29 is 13.2 Å². The lowest BCUT2D eigenvalue weighted by molar-refractivity contribution is 0.102. The lowest BCUT2D eigenvalue weighted by Crippen LogP contribution is -2.31. The van der Waals surface area contributed by atoms with Crippen molar-refractivity contribution in [2.75, 3.05) is 18.4 Å². The Bertz CT molecular complexity index is 913. The van der Waals surface area contributed by atoms with Gasteiger partial charge in [0, 0.05) is 24.3 Å². The van der Waals surface area contributed by atoms with Gasteiger partial charge in [-0.05, 0) is 62.6 Å². The molecule has 0 bridgehead atoms. The molecule has 0 aliphatic carbocycles. The zero-order valence-corrected chi connectivity index (χ0v) is 16.7. The van der Waals surface area contributed by atoms with Crippen LogP contribution in [-0.2, 0) is 10.0 Å². The molecule has 5 nitrogen and oxygen atoms in total. The Morgan fingerprint density at radius 2 is 1.56 bits per heavy atom. The summed E-state index contributed by atoms with van der Waals surface area (Å²) in [5.74, 6) is -0.195. The van der Waals surface area contributed by atoms with E-state index in [0.717, 1.165) is 36.8 Å². The molecule has 1 aliphatic rings. The van der Waals surface area contributed by atoms with Gasteiger partial charge in [-0.3, -0.25) is 4.79 Å². The van der Waals surface area contributed by atoms with E-state index in [9.17, 15) is 13.2 Å². The highest BCUT2D eigenvalue weighted by molar-refractivity contribution is 7.89. The van der Waals surface area contributed by atoms with Crippen molar-refractivity contribution in [3.8, 4) is 0 Å². The summed E-state index contributed by atoms with van der Waals surface area (Å²) in [7, 11) is -3.47. The van der Waals surface area contributed by atoms with E-state index in [0.29, 0.717) is 24.3 Å². The number of nitrogens with zero attached hydrogens (tertiary/aromatic N) is 1. The first-order valence-corrected chi connectivity index (χ1v) is 10.8. The number of sulfonamides is 1. The van der Waals surface area contributed by atoms with Crippen molar-refractivity contribution in [3.63, 3.8) is 0 Å². The molecule has 0 spiro atoms. The SMILES string of the molecule is Cc1ccc(C)c(C(=O)Nc2ccc(S(=O)(=O)N3CCCCCC3)cc2)c1. The Hall–Kier alpha value is -2.18. The van der Waals surface area contributed by atoms with Crippen LogP contribution < -0.4 is 5.32 Å². The fourth-order valence-corrected chi connectivity index (χ4v) is 4.84. The van der Waals surface area contributed by atoms with Crippen LogP contribution in [0.1, 0.15) is 47.2 Å². The molecule has 2 aromatic rings. The molecule has 27 heavy (non-hydrogen) atoms. The van der Waals surface area contributed by atoms with Gasteiger partial charge < -0.3 is 5.32 Å². The van der Waals surface area contributed by atoms with Crippen molar-refractivity contribution in [1.29, 1.82) is 0 Å². The minimum absolute atomic E-state index is 0.195. The second-order valence-electron chi connectivity index (χ2n) is 7.12. The van der Waals surface area contributed by atoms with Gasteiger partial charge in [0.25, 0.3) is 5.91 Å². The Morgan fingerprint density at radius 1 is 0.926 bits per heavy atom. The van der Waals surface area contributed by atoms with Crippen LogP contribution in [0.4, 0.5) is 5.69 Å². The summed E-state index contributed by atoms with van der Waals surface area (Å²) in [5, 5.41) is 2.85. The van der Waals surface area contributed by atoms with Gasteiger partial charge in [0.1, 0.15) is 0 Å². The molecule has 2 aromatic carbocycles. The Labute approximate surface area is 161 Å². The van der Waals surface area contributed by atoms with Gasteiger partial charge in [-0.15, -0.1) is 0 Å². The molecule has 0 radical (unpaired) electrons. The molecule has 1 aliphatic heterocycles. The van der Waals surface area contributed by atoms with E-state index in [1.54, 1.807) is 28.6 Å². The molecular weight excluding hydrogens is 360 g/mol. The van der Waals surface area contributed by atoms with Crippen molar-refractivity contribution in [1.82, 2.24) is 4.31 Å². The standard InChI is InChI=1S/C21H26N2O3S/c1-16-7-8-17(2)20(15-16)21(24)22-18-9-11-19(12-10-18)27(25,26)23-13-5-3-4-6-14-23/h7-12,15H,3-6,13-14H2,1-2H3,(H,22,24). The Balaban J connectivity index is 1.75. The molecule has 1 amide bonds. The first-order valence-electron chi connectivity index (χ1n) is 9.37. The molecule has 0 atom stereocenters. The molecule has 6 heteroatoms. The quantitative estimate of drug-likeness (QED) is 0.859. The highest BCUT2D eigenvalue weighted by Crippen LogP contribution is 2.22. The van der Waals surface area contributed by atoms with Crippen LogP contribution >= 0.6 is 0 Å². The number of carbonyl (C=O) groups excluding carboxylic acids is 1. The predicted octanol–water partition coefficient (Wildman–Crippen LogP) is 4.12. The fraction of sp³-hybridized carbons (Fsp3) is 0.381. The number of carbonyl (C=O) groups is 1. The maximum atomic E-state index is 12.8. The van der Waals surface area contributed by atoms with Gasteiger partial charge in [-0.1, -0.05) is 30.5 Å². The van der Waals surface area contributed by atoms with Gasteiger partial charge in [-0.25, -0.2) is 8.42 Å². The monoisotopic (exact) mass is 386 g/mol. The molecule has 0 saturated carbocycles. The third kappa shape index (κ3) is 4.57. The molecule has 0 unspecified atom stereocenters. The molecule has 3 rings (SSSR count). The van der Waals surface area contributed by atoms with Crippen molar-refractivity contribution in [2.45, 2.75) is 44.4 Å². The van der Waals surface area contributed by atoms with Crippen LogP contribution in [0.25, 0.3) is 0 Å². The molecular formula is C21H26N2O3S. The summed E-state index contributed by atoms with van der Waals surface area (Å²) in [6, 6.07) is 12.2. The maximum absolute atomic E-state index is 12.8. The third-order valence-corrected chi connectivity index (χ3v) is 6.87. The number of rotatable bonds is 4. The molecule has 144 valence electrons. The number of nitrogens with one attached hydrogen (secondary N) is 1. The van der Waals surface area contributed by atoms with Crippen molar-refractivity contribution >= 4 is 21.6 Å². The lowest BCUT2D eigenvalue weighted by atomic mass is 10.1. The van der Waals surface area contributed by atoms with E-state index in [-0.39, 0.29) is 10.8 Å². The third-order valence-electron chi connectivity index (χ3n) is 4.95. The average Bonchev–Trinajstić information content (AvgIpc) is 2.94. The van der Waals surface area contributed by atoms with Crippen molar-refractivity contribution in [2.24, 2.45) is 0 Å². The van der Waals surface area contributed by atoms with Crippen LogP contribution in [0.15, 0.2) is 47.4 Å². The van der Waals surface area contributed by atoms with Gasteiger partial charge >= 0.3 is 0 Å². The summed E-state index contributed by atoms with van der Waals surface area (Å²) in [5.41, 5.74) is 3.12. The number of hydrogen-bond acceptors (Lipinski definition) is 3. The maximum Gasteiger partial charge on any atom is 0.255 e. The normalized spacial score (nSPS) is 15.9. The van der Waals surface area contributed by atoms with E-state index in [1.165, 1.54) is 0 Å². The zero-order valence-electron chi connectivity index (χ0n) is 15.9. The summed E-state index contributed by atoms with van der Waals surface area (Å²) in [6.45, 7) is 4.99. The largest absolute Gasteiger partial charge is 0.322 e. The predicted molar refractivity (Wildman–Crippen MR) is 108 cm³/mol. The van der Waals surface area contributed by atoms with Crippen LogP contribution in [-0.4, -0.2) is 31.7 Å². The molecule has 1 heterocycles. The summed E-state index contributed by atoms with van der Waals surface area (Å²) < 4.78 is 27.2. The van der Waals surface area contributed by atoms with Crippen LogP contribution in [0, 0.1) is 13.8 Å². The number of amides is 1. The summed E-state index contributed by atoms with van der Waals surface area (Å²) in [6.07, 6.45) is 3.97. The fourth-order valence-electron chi connectivity index (χ4n) is 3.32. The Morgan fingerprint density at radius 3 is 2.19 bits per heavy atom. The summed E-state index contributed by atoms with van der Waals surface area (Å²) in [4.78, 5) is 12.8. The van der Waals surface area contributed by atoms with Gasteiger partial charge in [-0.2, -0.15) is 4.31 Å². The molecule has 1 fully saturated rings. The van der Waals surface area contributed by atoms with Gasteiger partial charge in [0.2, 0.25) is 10.0 Å². The van der Waals surface area contributed by atoms with Crippen LogP contribution in [0.2, 0.25) is 0 Å². The second-order valence-corrected chi connectivity index (χ2v) is 9.05. The summed E-state index contributed by atoms with van der Waals surface area (Å²) >= 11 is 0. The van der Waals surface area contributed by atoms with Crippen LogP contribution in [0.3, 0.4) is 0 Å². The van der Waals surface area contributed by atoms with Crippen molar-refractivity contribution in [3.05, 3.63) is 59.2 Å². The lowest BCUT2D eigenvalue weighted by Gasteiger charge is -2.20. The topological polar surface area (TPSA) is 66.5 Å². The number of aryl methyl sites for hydroxylation is 2. The first-order chi connectivity index (χ1) is 12.9. The highest BCUT2D eigenvalue weighted by Gasteiger charge is 2.25. The zero-order chi connectivity index (χ0) is 19.4. The van der Waals surface area contributed by atoms with Gasteiger partial charge in [0.15, 0.2) is 0 Å². The first kappa shape index (κ1) is 19.6. The Kier molecular flexibility index (Phi) is 5.97. The molecule has 1 N–H and O–H groups in total. The minimum Gasteiger partial charge on any atom is -0.322 e. The minimum atomic E-state index is -3.47.